The Balaban J connectivity index is 1.16. The van der Waals surface area contributed by atoms with Crippen LogP contribution in [-0.2, 0) is 17.8 Å². The van der Waals surface area contributed by atoms with Crippen LogP contribution >= 0.6 is 0 Å². The Morgan fingerprint density at radius 3 is 2.70 bits per heavy atom. The topological polar surface area (TPSA) is 44.6 Å². The van der Waals surface area contributed by atoms with Crippen molar-refractivity contribution in [1.29, 1.82) is 0 Å². The lowest BCUT2D eigenvalue weighted by Crippen LogP contribution is -2.55. The largest absolute Gasteiger partial charge is 0.339 e. The molecule has 0 atom stereocenters. The highest BCUT2D eigenvalue weighted by atomic mass is 19.1. The van der Waals surface area contributed by atoms with Gasteiger partial charge in [0.25, 0.3) is 0 Å². The fourth-order valence-electron chi connectivity index (χ4n) is 4.78. The number of halogens is 1. The average Bonchev–Trinajstić information content (AvgIpc) is 3.00. The number of piperazine rings is 1. The molecule has 1 saturated carbocycles. The zero-order valence-electron chi connectivity index (χ0n) is 17.5. The van der Waals surface area contributed by atoms with Crippen molar-refractivity contribution < 1.29 is 9.18 Å². The summed E-state index contributed by atoms with van der Waals surface area (Å²) in [5.74, 6) is 0.0337. The highest BCUT2D eigenvalue weighted by Gasteiger charge is 2.30. The molecule has 2 aliphatic carbocycles. The minimum absolute atomic E-state index is 0.212. The van der Waals surface area contributed by atoms with Gasteiger partial charge in [0.05, 0.1) is 17.9 Å². The summed E-state index contributed by atoms with van der Waals surface area (Å²) in [5.41, 5.74) is 3.14. The smallest absolute Gasteiger partial charge is 0.236 e. The molecule has 0 bridgehead atoms. The van der Waals surface area contributed by atoms with E-state index in [1.54, 1.807) is 12.2 Å². The minimum atomic E-state index is -0.212. The minimum Gasteiger partial charge on any atom is -0.339 e. The van der Waals surface area contributed by atoms with Crippen LogP contribution in [0.1, 0.15) is 36.9 Å². The van der Waals surface area contributed by atoms with E-state index in [0.29, 0.717) is 13.0 Å². The van der Waals surface area contributed by atoms with E-state index in [1.165, 1.54) is 25.3 Å². The molecule has 0 aromatic carbocycles. The molecule has 2 fully saturated rings. The molecule has 2 aliphatic heterocycles. The van der Waals surface area contributed by atoms with E-state index in [9.17, 15) is 9.18 Å². The summed E-state index contributed by atoms with van der Waals surface area (Å²) in [5, 5.41) is 4.71. The Morgan fingerprint density at radius 1 is 1.10 bits per heavy atom. The molecular formula is C23H30FN5O. The van der Waals surface area contributed by atoms with Crippen LogP contribution in [0.5, 0.6) is 0 Å². The predicted octanol–water partition coefficient (Wildman–Crippen LogP) is 2.59. The summed E-state index contributed by atoms with van der Waals surface area (Å²) in [4.78, 5) is 19.7. The predicted molar refractivity (Wildman–Crippen MR) is 114 cm³/mol. The zero-order valence-corrected chi connectivity index (χ0v) is 17.5. The van der Waals surface area contributed by atoms with Crippen molar-refractivity contribution in [3.8, 4) is 0 Å². The Hall–Kier alpha value is -2.25. The highest BCUT2D eigenvalue weighted by molar-refractivity contribution is 5.78. The molecule has 0 spiro atoms. The van der Waals surface area contributed by atoms with E-state index in [0.717, 1.165) is 68.7 Å². The van der Waals surface area contributed by atoms with Crippen LogP contribution in [0.3, 0.4) is 0 Å². The van der Waals surface area contributed by atoms with Crippen molar-refractivity contribution in [3.05, 3.63) is 47.6 Å². The first-order valence-corrected chi connectivity index (χ1v) is 11.2. The number of nitrogens with zero attached hydrogens (tertiary/aromatic N) is 5. The molecule has 0 radical (unpaired) electrons. The van der Waals surface area contributed by atoms with Gasteiger partial charge in [0.15, 0.2) is 0 Å². The Kier molecular flexibility index (Phi) is 5.56. The number of allylic oxidation sites excluding steroid dienone is 6. The lowest BCUT2D eigenvalue weighted by Gasteiger charge is -2.43. The second-order valence-corrected chi connectivity index (χ2v) is 8.79. The maximum absolute atomic E-state index is 13.4. The van der Waals surface area contributed by atoms with Crippen LogP contribution in [0, 0.1) is 0 Å². The summed E-state index contributed by atoms with van der Waals surface area (Å²) in [6, 6.07) is 0.769. The Morgan fingerprint density at radius 2 is 1.93 bits per heavy atom. The average molecular weight is 412 g/mol. The van der Waals surface area contributed by atoms with Crippen LogP contribution in [0.15, 0.2) is 36.3 Å². The molecule has 1 saturated heterocycles. The third kappa shape index (κ3) is 4.14. The number of carbonyl (C=O) groups is 1. The van der Waals surface area contributed by atoms with Gasteiger partial charge in [-0.25, -0.2) is 9.07 Å². The van der Waals surface area contributed by atoms with Gasteiger partial charge in [0.2, 0.25) is 5.91 Å². The van der Waals surface area contributed by atoms with E-state index in [2.05, 4.69) is 9.80 Å². The highest BCUT2D eigenvalue weighted by Crippen LogP contribution is 2.26. The summed E-state index contributed by atoms with van der Waals surface area (Å²) in [6.07, 6.45) is 14.2. The van der Waals surface area contributed by atoms with Gasteiger partial charge in [-0.3, -0.25) is 14.6 Å². The van der Waals surface area contributed by atoms with Gasteiger partial charge in [-0.2, -0.15) is 5.10 Å². The number of carbonyl (C=O) groups excluding carboxylic acids is 1. The van der Waals surface area contributed by atoms with Gasteiger partial charge in [0.1, 0.15) is 5.83 Å². The van der Waals surface area contributed by atoms with Crippen molar-refractivity contribution in [2.24, 2.45) is 0 Å². The van der Waals surface area contributed by atoms with E-state index in [4.69, 9.17) is 5.10 Å². The number of hydrogen-bond donors (Lipinski definition) is 0. The van der Waals surface area contributed by atoms with E-state index in [1.807, 2.05) is 21.9 Å². The fraction of sp³-hybridized carbons (Fsp3) is 0.565. The molecule has 4 aliphatic rings. The van der Waals surface area contributed by atoms with Crippen molar-refractivity contribution >= 4 is 11.6 Å². The lowest BCUT2D eigenvalue weighted by molar-refractivity contribution is -0.135. The molecule has 0 N–H and O–H groups in total. The molecule has 30 heavy (non-hydrogen) atoms. The van der Waals surface area contributed by atoms with Crippen LogP contribution in [0.25, 0.3) is 5.70 Å². The lowest BCUT2D eigenvalue weighted by atomic mass is 9.91. The number of rotatable bonds is 4. The van der Waals surface area contributed by atoms with Crippen molar-refractivity contribution in [1.82, 2.24) is 24.5 Å². The van der Waals surface area contributed by atoms with Gasteiger partial charge < -0.3 is 4.90 Å². The maximum Gasteiger partial charge on any atom is 0.236 e. The molecule has 0 unspecified atom stereocenters. The maximum atomic E-state index is 13.4. The SMILES string of the molecule is O=C(CN1CCc2nn(C3=CCC=C(F)C=C3)cc2C1)N1CCN(C2CCC2)CC1. The van der Waals surface area contributed by atoms with Crippen LogP contribution < -0.4 is 0 Å². The first kappa shape index (κ1) is 19.7. The molecule has 1 aromatic heterocycles. The number of amides is 1. The Bertz CT molecular complexity index is 889. The van der Waals surface area contributed by atoms with Crippen molar-refractivity contribution in [3.63, 3.8) is 0 Å². The van der Waals surface area contributed by atoms with Crippen molar-refractivity contribution in [2.45, 2.75) is 44.7 Å². The van der Waals surface area contributed by atoms with Gasteiger partial charge in [-0.1, -0.05) is 12.5 Å². The summed E-state index contributed by atoms with van der Waals surface area (Å²) in [7, 11) is 0. The van der Waals surface area contributed by atoms with Gasteiger partial charge in [0, 0.05) is 63.5 Å². The molecule has 7 heteroatoms. The van der Waals surface area contributed by atoms with Crippen LogP contribution in [0.4, 0.5) is 4.39 Å². The van der Waals surface area contributed by atoms with Crippen LogP contribution in [0.2, 0.25) is 0 Å². The van der Waals surface area contributed by atoms with Crippen molar-refractivity contribution in [2.75, 3.05) is 39.3 Å². The molecule has 6 nitrogen and oxygen atoms in total. The summed E-state index contributed by atoms with van der Waals surface area (Å²) >= 11 is 0. The first-order valence-electron chi connectivity index (χ1n) is 11.2. The number of aromatic nitrogens is 2. The van der Waals surface area contributed by atoms with Gasteiger partial charge in [-0.05, 0) is 37.5 Å². The fourth-order valence-corrected chi connectivity index (χ4v) is 4.78. The summed E-state index contributed by atoms with van der Waals surface area (Å²) < 4.78 is 15.3. The monoisotopic (exact) mass is 411 g/mol. The zero-order chi connectivity index (χ0) is 20.5. The van der Waals surface area contributed by atoms with Gasteiger partial charge >= 0.3 is 0 Å². The normalized spacial score (nSPS) is 23.4. The third-order valence-corrected chi connectivity index (χ3v) is 6.87. The third-order valence-electron chi connectivity index (χ3n) is 6.87. The molecule has 3 heterocycles. The van der Waals surface area contributed by atoms with Crippen LogP contribution in [-0.4, -0.2) is 75.7 Å². The molecule has 160 valence electrons. The molecule has 1 amide bonds. The Labute approximate surface area is 177 Å². The van der Waals surface area contributed by atoms with E-state index < -0.39 is 0 Å². The number of fused-ring (bicyclic) bond motifs is 1. The molecule has 5 rings (SSSR count). The first-order chi connectivity index (χ1) is 14.7. The standard InChI is InChI=1S/C23H30FN5O/c24-19-3-1-6-21(8-7-19)29-16-18-15-26(10-9-22(18)25-29)17-23(30)28-13-11-27(12-14-28)20-4-2-5-20/h3,6-8,16,20H,1-2,4-5,9-15,17H2. The van der Waals surface area contributed by atoms with Gasteiger partial charge in [-0.15, -0.1) is 0 Å². The second kappa shape index (κ2) is 8.47. The quantitative estimate of drug-likeness (QED) is 0.764. The number of hydrogen-bond acceptors (Lipinski definition) is 4. The molecule has 1 aromatic rings. The molecular weight excluding hydrogens is 381 g/mol. The second-order valence-electron chi connectivity index (χ2n) is 8.79. The summed E-state index contributed by atoms with van der Waals surface area (Å²) in [6.45, 7) is 5.83. The van der Waals surface area contributed by atoms with E-state index in [-0.39, 0.29) is 11.7 Å². The van der Waals surface area contributed by atoms with E-state index >= 15 is 0 Å².